The lowest BCUT2D eigenvalue weighted by molar-refractivity contribution is 0.390. The highest BCUT2D eigenvalue weighted by Crippen LogP contribution is 2.37. The number of rotatable bonds is 6. The first-order valence-electron chi connectivity index (χ1n) is 8.10. The van der Waals surface area contributed by atoms with E-state index < -0.39 is 0 Å². The lowest BCUT2D eigenvalue weighted by atomic mass is 10.1. The molecule has 0 amide bonds. The van der Waals surface area contributed by atoms with Crippen LogP contribution in [0.4, 0.5) is 0 Å². The van der Waals surface area contributed by atoms with Gasteiger partial charge in [-0.3, -0.25) is 4.98 Å². The highest BCUT2D eigenvalue weighted by Gasteiger charge is 2.14. The van der Waals surface area contributed by atoms with Crippen molar-refractivity contribution in [2.45, 2.75) is 12.8 Å². The van der Waals surface area contributed by atoms with Crippen LogP contribution in [0.25, 0.3) is 0 Å². The predicted octanol–water partition coefficient (Wildman–Crippen LogP) is 5.24. The van der Waals surface area contributed by atoms with Gasteiger partial charge in [0, 0.05) is 29.2 Å². The summed E-state index contributed by atoms with van der Waals surface area (Å²) in [5.74, 6) is 1.07. The van der Waals surface area contributed by atoms with E-state index in [1.807, 2.05) is 24.4 Å². The average molecular weight is 400 g/mol. The molecule has 1 aromatic carbocycles. The molecule has 2 heterocycles. The molecule has 0 aliphatic rings. The zero-order chi connectivity index (χ0) is 19.2. The number of pyridine rings is 2. The first-order valence-corrected chi connectivity index (χ1v) is 8.85. The Hall–Kier alpha value is -2.81. The second-order valence-electron chi connectivity index (χ2n) is 5.69. The van der Waals surface area contributed by atoms with Crippen molar-refractivity contribution in [2.24, 2.45) is 0 Å². The van der Waals surface area contributed by atoms with Crippen LogP contribution in [0, 0.1) is 11.3 Å². The van der Waals surface area contributed by atoms with E-state index in [2.05, 4.69) is 9.97 Å². The molecule has 136 valence electrons. The highest BCUT2D eigenvalue weighted by molar-refractivity contribution is 6.33. The summed E-state index contributed by atoms with van der Waals surface area (Å²) in [6.45, 7) is 0. The molecule has 7 heteroatoms. The summed E-state index contributed by atoms with van der Waals surface area (Å²) in [5.41, 5.74) is 2.26. The van der Waals surface area contributed by atoms with Crippen LogP contribution >= 0.6 is 23.2 Å². The number of nitrogens with zero attached hydrogens (tertiary/aromatic N) is 3. The molecule has 0 N–H and O–H groups in total. The maximum absolute atomic E-state index is 9.09. The number of hydrogen-bond donors (Lipinski definition) is 0. The van der Waals surface area contributed by atoms with Gasteiger partial charge in [-0.05, 0) is 42.7 Å². The third-order valence-electron chi connectivity index (χ3n) is 3.76. The number of aromatic nitrogens is 2. The second-order valence-corrected chi connectivity index (χ2v) is 6.50. The van der Waals surface area contributed by atoms with Gasteiger partial charge in [0.25, 0.3) is 0 Å². The molecule has 2 aromatic heterocycles. The average Bonchev–Trinajstić information content (AvgIpc) is 2.68. The van der Waals surface area contributed by atoms with Crippen molar-refractivity contribution in [2.75, 3.05) is 7.11 Å². The number of ether oxygens (including phenoxy) is 2. The Morgan fingerprint density at radius 3 is 2.70 bits per heavy atom. The van der Waals surface area contributed by atoms with Gasteiger partial charge in [0.2, 0.25) is 5.88 Å². The summed E-state index contributed by atoms with van der Waals surface area (Å²) in [6.07, 6.45) is 4.98. The number of benzene rings is 1. The molecule has 27 heavy (non-hydrogen) atoms. The predicted molar refractivity (Wildman–Crippen MR) is 104 cm³/mol. The van der Waals surface area contributed by atoms with Gasteiger partial charge < -0.3 is 9.47 Å². The molecule has 0 saturated carbocycles. The van der Waals surface area contributed by atoms with Gasteiger partial charge in [-0.15, -0.1) is 0 Å². The van der Waals surface area contributed by atoms with Crippen LogP contribution in [-0.2, 0) is 12.8 Å². The molecule has 5 nitrogen and oxygen atoms in total. The molecule has 3 rings (SSSR count). The van der Waals surface area contributed by atoms with Crippen LogP contribution in [0.3, 0.4) is 0 Å². The summed E-state index contributed by atoms with van der Waals surface area (Å²) >= 11 is 12.4. The quantitative estimate of drug-likeness (QED) is 0.566. The van der Waals surface area contributed by atoms with E-state index in [1.54, 1.807) is 30.5 Å². The molecule has 0 spiro atoms. The lowest BCUT2D eigenvalue weighted by Crippen LogP contribution is -2.00. The number of nitriles is 1. The third kappa shape index (κ3) is 4.88. The highest BCUT2D eigenvalue weighted by atomic mass is 35.5. The van der Waals surface area contributed by atoms with Crippen molar-refractivity contribution >= 4 is 23.2 Å². The fourth-order valence-corrected chi connectivity index (χ4v) is 2.94. The molecule has 0 aliphatic heterocycles. The van der Waals surface area contributed by atoms with Crippen molar-refractivity contribution < 1.29 is 9.47 Å². The number of aryl methyl sites for hydroxylation is 2. The van der Waals surface area contributed by atoms with Gasteiger partial charge in [0.05, 0.1) is 18.7 Å². The van der Waals surface area contributed by atoms with E-state index in [9.17, 15) is 0 Å². The molecular weight excluding hydrogens is 385 g/mol. The van der Waals surface area contributed by atoms with E-state index in [0.717, 1.165) is 17.7 Å². The van der Waals surface area contributed by atoms with Crippen LogP contribution in [0.1, 0.15) is 16.8 Å². The van der Waals surface area contributed by atoms with Crippen LogP contribution < -0.4 is 9.47 Å². The van der Waals surface area contributed by atoms with E-state index >= 15 is 0 Å². The molecule has 0 aliphatic carbocycles. The summed E-state index contributed by atoms with van der Waals surface area (Å²) < 4.78 is 11.1. The normalized spacial score (nSPS) is 10.3. The third-order valence-corrected chi connectivity index (χ3v) is 4.33. The minimum absolute atomic E-state index is 0.251. The number of hydrogen-bond acceptors (Lipinski definition) is 5. The van der Waals surface area contributed by atoms with E-state index in [-0.39, 0.29) is 10.9 Å². The van der Waals surface area contributed by atoms with Crippen LogP contribution in [0.5, 0.6) is 17.4 Å². The second kappa shape index (κ2) is 8.72. The Morgan fingerprint density at radius 1 is 1.15 bits per heavy atom. The van der Waals surface area contributed by atoms with Crippen LogP contribution in [0.15, 0.2) is 48.8 Å². The SMILES string of the molecule is COc1nc(CCc2cccnc2)cc(Oc2cc(Cl)cc(C#N)c2)c1Cl. The van der Waals surface area contributed by atoms with Crippen LogP contribution in [0.2, 0.25) is 10.0 Å². The monoisotopic (exact) mass is 399 g/mol. The molecule has 3 aromatic rings. The first kappa shape index (κ1) is 19.0. The fourth-order valence-electron chi connectivity index (χ4n) is 2.50. The lowest BCUT2D eigenvalue weighted by Gasteiger charge is -2.13. The van der Waals surface area contributed by atoms with Gasteiger partial charge in [-0.1, -0.05) is 29.3 Å². The Bertz CT molecular complexity index is 989. The van der Waals surface area contributed by atoms with Gasteiger partial charge >= 0.3 is 0 Å². The molecular formula is C20H15Cl2N3O2. The zero-order valence-corrected chi connectivity index (χ0v) is 16.0. The smallest absolute Gasteiger partial charge is 0.236 e. The maximum atomic E-state index is 9.09. The Labute approximate surface area is 167 Å². The molecule has 0 saturated heterocycles. The standard InChI is InChI=1S/C20H15Cl2N3O2/c1-26-20-19(22)18(27-17-8-14(11-23)7-15(21)9-17)10-16(25-20)5-4-13-3-2-6-24-12-13/h2-3,6-10,12H,4-5H2,1H3. The van der Waals surface area contributed by atoms with Gasteiger partial charge in [0.15, 0.2) is 5.75 Å². The molecule has 0 fully saturated rings. The number of halogens is 2. The maximum Gasteiger partial charge on any atom is 0.236 e. The van der Waals surface area contributed by atoms with Crippen molar-refractivity contribution in [3.8, 4) is 23.4 Å². The summed E-state index contributed by atoms with van der Waals surface area (Å²) in [6, 6.07) is 12.5. The minimum Gasteiger partial charge on any atom is -0.480 e. The van der Waals surface area contributed by atoms with E-state index in [1.165, 1.54) is 7.11 Å². The fraction of sp³-hybridized carbons (Fsp3) is 0.150. The van der Waals surface area contributed by atoms with Crippen LogP contribution in [-0.4, -0.2) is 17.1 Å². The van der Waals surface area contributed by atoms with Crippen molar-refractivity contribution in [3.63, 3.8) is 0 Å². The van der Waals surface area contributed by atoms with Gasteiger partial charge in [0.1, 0.15) is 10.8 Å². The Kier molecular flexibility index (Phi) is 6.12. The Morgan fingerprint density at radius 2 is 2.00 bits per heavy atom. The van der Waals surface area contributed by atoms with E-state index in [4.69, 9.17) is 37.9 Å². The molecule has 0 bridgehead atoms. The van der Waals surface area contributed by atoms with Crippen molar-refractivity contribution in [1.29, 1.82) is 5.26 Å². The summed E-state index contributed by atoms with van der Waals surface area (Å²) in [4.78, 5) is 8.54. The largest absolute Gasteiger partial charge is 0.480 e. The van der Waals surface area contributed by atoms with Crippen molar-refractivity contribution in [3.05, 3.63) is 75.7 Å². The topological polar surface area (TPSA) is 68.0 Å². The first-order chi connectivity index (χ1) is 13.1. The molecule has 0 unspecified atom stereocenters. The van der Waals surface area contributed by atoms with E-state index in [0.29, 0.717) is 28.5 Å². The molecule has 0 radical (unpaired) electrons. The summed E-state index contributed by atoms with van der Waals surface area (Å²) in [7, 11) is 1.50. The van der Waals surface area contributed by atoms with Gasteiger partial charge in [-0.25, -0.2) is 4.98 Å². The zero-order valence-electron chi connectivity index (χ0n) is 14.4. The summed E-state index contributed by atoms with van der Waals surface area (Å²) in [5, 5.41) is 9.74. The number of methoxy groups -OCH3 is 1. The Balaban J connectivity index is 1.88. The molecule has 0 atom stereocenters. The van der Waals surface area contributed by atoms with Crippen molar-refractivity contribution in [1.82, 2.24) is 9.97 Å². The van der Waals surface area contributed by atoms with Gasteiger partial charge in [-0.2, -0.15) is 5.26 Å². The minimum atomic E-state index is 0.251.